The summed E-state index contributed by atoms with van der Waals surface area (Å²) in [6, 6.07) is 4.28. The molecule has 17 heavy (non-hydrogen) atoms. The van der Waals surface area contributed by atoms with Crippen LogP contribution in [-0.2, 0) is 6.42 Å². The predicted molar refractivity (Wildman–Crippen MR) is 65.0 cm³/mol. The average molecular weight is 229 g/mol. The molecule has 3 heterocycles. The van der Waals surface area contributed by atoms with Crippen LogP contribution in [0.1, 0.15) is 25.5 Å². The van der Waals surface area contributed by atoms with E-state index < -0.39 is 0 Å². The van der Waals surface area contributed by atoms with Crippen LogP contribution >= 0.6 is 0 Å². The SMILES string of the molecule is CC(C)n1nccc1-c1nccc2c1CCO2. The van der Waals surface area contributed by atoms with E-state index in [1.54, 1.807) is 6.20 Å². The Morgan fingerprint density at radius 2 is 2.18 bits per heavy atom. The molecular weight excluding hydrogens is 214 g/mol. The maximum atomic E-state index is 5.57. The highest BCUT2D eigenvalue weighted by Crippen LogP contribution is 2.33. The minimum atomic E-state index is 0.333. The topological polar surface area (TPSA) is 39.9 Å². The lowest BCUT2D eigenvalue weighted by Crippen LogP contribution is -2.06. The van der Waals surface area contributed by atoms with Gasteiger partial charge in [-0.2, -0.15) is 5.10 Å². The van der Waals surface area contributed by atoms with Gasteiger partial charge in [0.1, 0.15) is 5.75 Å². The van der Waals surface area contributed by atoms with Gasteiger partial charge < -0.3 is 4.74 Å². The second kappa shape index (κ2) is 3.87. The Hall–Kier alpha value is -1.84. The van der Waals surface area contributed by atoms with E-state index in [4.69, 9.17) is 4.74 Å². The van der Waals surface area contributed by atoms with Crippen LogP contribution in [0.15, 0.2) is 24.5 Å². The Kier molecular flexibility index (Phi) is 2.35. The van der Waals surface area contributed by atoms with Crippen molar-refractivity contribution in [2.75, 3.05) is 6.61 Å². The van der Waals surface area contributed by atoms with Crippen LogP contribution in [0.4, 0.5) is 0 Å². The zero-order valence-corrected chi connectivity index (χ0v) is 10.1. The van der Waals surface area contributed by atoms with Crippen LogP contribution < -0.4 is 4.74 Å². The molecule has 0 atom stereocenters. The molecule has 0 amide bonds. The third-order valence-electron chi connectivity index (χ3n) is 3.02. The molecule has 4 heteroatoms. The molecule has 1 aliphatic rings. The van der Waals surface area contributed by atoms with Crippen molar-refractivity contribution in [2.24, 2.45) is 0 Å². The second-order valence-electron chi connectivity index (χ2n) is 4.49. The Labute approximate surface area is 100 Å². The first-order chi connectivity index (χ1) is 8.27. The van der Waals surface area contributed by atoms with Gasteiger partial charge in [-0.25, -0.2) is 0 Å². The summed E-state index contributed by atoms with van der Waals surface area (Å²) in [5, 5.41) is 4.35. The molecular formula is C13H15N3O. The lowest BCUT2D eigenvalue weighted by atomic mass is 10.1. The molecule has 3 rings (SSSR count). The monoisotopic (exact) mass is 229 g/mol. The van der Waals surface area contributed by atoms with Crippen molar-refractivity contribution in [1.82, 2.24) is 14.8 Å². The van der Waals surface area contributed by atoms with E-state index in [0.717, 1.165) is 30.2 Å². The van der Waals surface area contributed by atoms with Crippen molar-refractivity contribution < 1.29 is 4.74 Å². The van der Waals surface area contributed by atoms with Crippen molar-refractivity contribution >= 4 is 0 Å². The number of nitrogens with zero attached hydrogens (tertiary/aromatic N) is 3. The minimum absolute atomic E-state index is 0.333. The van der Waals surface area contributed by atoms with Crippen molar-refractivity contribution in [3.8, 4) is 17.1 Å². The van der Waals surface area contributed by atoms with Crippen LogP contribution in [0.5, 0.6) is 5.75 Å². The quantitative estimate of drug-likeness (QED) is 0.794. The minimum Gasteiger partial charge on any atom is -0.493 e. The summed E-state index contributed by atoms with van der Waals surface area (Å²) in [5.74, 6) is 0.964. The van der Waals surface area contributed by atoms with E-state index in [0.29, 0.717) is 6.04 Å². The summed E-state index contributed by atoms with van der Waals surface area (Å²) in [4.78, 5) is 4.50. The zero-order valence-electron chi connectivity index (χ0n) is 10.1. The predicted octanol–water partition coefficient (Wildman–Crippen LogP) is 2.46. The highest BCUT2D eigenvalue weighted by molar-refractivity contribution is 5.63. The van der Waals surface area contributed by atoms with Crippen molar-refractivity contribution in [3.05, 3.63) is 30.1 Å². The molecule has 2 aromatic heterocycles. The van der Waals surface area contributed by atoms with Gasteiger partial charge in [-0.15, -0.1) is 0 Å². The summed E-state index contributed by atoms with van der Waals surface area (Å²) in [5.41, 5.74) is 3.28. The van der Waals surface area contributed by atoms with Gasteiger partial charge in [-0.1, -0.05) is 0 Å². The first-order valence-electron chi connectivity index (χ1n) is 5.92. The summed E-state index contributed by atoms with van der Waals surface area (Å²) in [6.45, 7) is 5.00. The van der Waals surface area contributed by atoms with Crippen molar-refractivity contribution in [2.45, 2.75) is 26.3 Å². The molecule has 0 spiro atoms. The van der Waals surface area contributed by atoms with Gasteiger partial charge in [0.2, 0.25) is 0 Å². The van der Waals surface area contributed by atoms with Gasteiger partial charge in [0, 0.05) is 30.4 Å². The molecule has 2 aromatic rings. The molecule has 0 saturated carbocycles. The second-order valence-corrected chi connectivity index (χ2v) is 4.49. The van der Waals surface area contributed by atoms with Gasteiger partial charge in [-0.3, -0.25) is 9.67 Å². The van der Waals surface area contributed by atoms with E-state index in [1.807, 2.05) is 23.0 Å². The van der Waals surface area contributed by atoms with Crippen LogP contribution in [0, 0.1) is 0 Å². The molecule has 0 aromatic carbocycles. The van der Waals surface area contributed by atoms with Crippen LogP contribution in [0.25, 0.3) is 11.4 Å². The Morgan fingerprint density at radius 3 is 3.00 bits per heavy atom. The molecule has 0 fully saturated rings. The molecule has 0 saturated heterocycles. The smallest absolute Gasteiger partial charge is 0.126 e. The number of ether oxygens (including phenoxy) is 1. The highest BCUT2D eigenvalue weighted by Gasteiger charge is 2.20. The van der Waals surface area contributed by atoms with E-state index in [2.05, 4.69) is 23.9 Å². The fourth-order valence-electron chi connectivity index (χ4n) is 2.25. The fourth-order valence-corrected chi connectivity index (χ4v) is 2.25. The zero-order chi connectivity index (χ0) is 11.8. The maximum Gasteiger partial charge on any atom is 0.126 e. The molecule has 88 valence electrons. The van der Waals surface area contributed by atoms with Crippen LogP contribution in [0.3, 0.4) is 0 Å². The van der Waals surface area contributed by atoms with Gasteiger partial charge in [0.25, 0.3) is 0 Å². The largest absolute Gasteiger partial charge is 0.493 e. The number of aromatic nitrogens is 3. The molecule has 4 nitrogen and oxygen atoms in total. The standard InChI is InChI=1S/C13H15N3O/c1-9(2)16-11(3-7-15-16)13-10-5-8-17-12(10)4-6-14-13/h3-4,6-7,9H,5,8H2,1-2H3. The summed E-state index contributed by atoms with van der Waals surface area (Å²) < 4.78 is 7.57. The van der Waals surface area contributed by atoms with Gasteiger partial charge in [-0.05, 0) is 26.0 Å². The Balaban J connectivity index is 2.16. The highest BCUT2D eigenvalue weighted by atomic mass is 16.5. The molecule has 0 bridgehead atoms. The lowest BCUT2D eigenvalue weighted by Gasteiger charge is -2.12. The Morgan fingerprint density at radius 1 is 1.29 bits per heavy atom. The normalized spacial score (nSPS) is 13.8. The summed E-state index contributed by atoms with van der Waals surface area (Å²) >= 11 is 0. The molecule has 0 radical (unpaired) electrons. The number of fused-ring (bicyclic) bond motifs is 1. The first kappa shape index (κ1) is 10.3. The van der Waals surface area contributed by atoms with Gasteiger partial charge in [0.05, 0.1) is 18.0 Å². The van der Waals surface area contributed by atoms with Gasteiger partial charge >= 0.3 is 0 Å². The van der Waals surface area contributed by atoms with Gasteiger partial charge in [0.15, 0.2) is 0 Å². The number of hydrogen-bond donors (Lipinski definition) is 0. The first-order valence-corrected chi connectivity index (χ1v) is 5.92. The van der Waals surface area contributed by atoms with E-state index in [1.165, 1.54) is 5.56 Å². The van der Waals surface area contributed by atoms with Crippen molar-refractivity contribution in [3.63, 3.8) is 0 Å². The van der Waals surface area contributed by atoms with E-state index in [9.17, 15) is 0 Å². The number of rotatable bonds is 2. The summed E-state index contributed by atoms with van der Waals surface area (Å²) in [6.07, 6.45) is 4.56. The molecule has 1 aliphatic heterocycles. The average Bonchev–Trinajstić information content (AvgIpc) is 2.97. The van der Waals surface area contributed by atoms with Crippen molar-refractivity contribution in [1.29, 1.82) is 0 Å². The number of hydrogen-bond acceptors (Lipinski definition) is 3. The lowest BCUT2D eigenvalue weighted by molar-refractivity contribution is 0.356. The molecule has 0 N–H and O–H groups in total. The molecule has 0 unspecified atom stereocenters. The Bertz CT molecular complexity index is 545. The maximum absolute atomic E-state index is 5.57. The third-order valence-corrected chi connectivity index (χ3v) is 3.02. The molecule has 0 aliphatic carbocycles. The van der Waals surface area contributed by atoms with Crippen LogP contribution in [-0.4, -0.2) is 21.4 Å². The summed E-state index contributed by atoms with van der Waals surface area (Å²) in [7, 11) is 0. The van der Waals surface area contributed by atoms with Crippen LogP contribution in [0.2, 0.25) is 0 Å². The van der Waals surface area contributed by atoms with E-state index >= 15 is 0 Å². The fraction of sp³-hybridized carbons (Fsp3) is 0.385. The van der Waals surface area contributed by atoms with E-state index in [-0.39, 0.29) is 0 Å². The third kappa shape index (κ3) is 1.60. The number of pyridine rings is 1.